The molecule has 2 aromatic rings. The summed E-state index contributed by atoms with van der Waals surface area (Å²) in [6.07, 6.45) is 2.40. The average Bonchev–Trinajstić information content (AvgIpc) is 2.96. The summed E-state index contributed by atoms with van der Waals surface area (Å²) in [5, 5.41) is 3.68. The highest BCUT2D eigenvalue weighted by Gasteiger charge is 2.30. The van der Waals surface area contributed by atoms with E-state index in [0.717, 1.165) is 12.3 Å². The van der Waals surface area contributed by atoms with E-state index >= 15 is 0 Å². The van der Waals surface area contributed by atoms with Gasteiger partial charge >= 0.3 is 0 Å². The quantitative estimate of drug-likeness (QED) is 0.891. The van der Waals surface area contributed by atoms with Crippen LogP contribution < -0.4 is 10.1 Å². The molecule has 0 heterocycles. The Hall–Kier alpha value is -1.80. The van der Waals surface area contributed by atoms with Gasteiger partial charge in [0.05, 0.1) is 7.11 Å². The predicted octanol–water partition coefficient (Wildman–Crippen LogP) is 4.08. The van der Waals surface area contributed by atoms with Crippen LogP contribution >= 0.6 is 0 Å². The van der Waals surface area contributed by atoms with E-state index in [-0.39, 0.29) is 0 Å². The summed E-state index contributed by atoms with van der Waals surface area (Å²) in [6.45, 7) is 3.15. The SMILES string of the molecule is CCNC(c1cccc(OC)c1)C1CCc2ccccc21. The van der Waals surface area contributed by atoms with Crippen molar-refractivity contribution in [2.45, 2.75) is 31.7 Å². The van der Waals surface area contributed by atoms with Gasteiger partial charge in [-0.15, -0.1) is 0 Å². The molecule has 0 fully saturated rings. The van der Waals surface area contributed by atoms with Gasteiger partial charge in [0.2, 0.25) is 0 Å². The van der Waals surface area contributed by atoms with E-state index in [1.807, 2.05) is 6.07 Å². The normalized spacial score (nSPS) is 18.3. The lowest BCUT2D eigenvalue weighted by molar-refractivity contribution is 0.409. The zero-order valence-electron chi connectivity index (χ0n) is 12.8. The standard InChI is InChI=1S/C19H23NO/c1-3-20-19(15-8-6-9-16(13-15)21-2)18-12-11-14-7-4-5-10-17(14)18/h4-10,13,18-20H,3,11-12H2,1-2H3. The Morgan fingerprint density at radius 1 is 1.19 bits per heavy atom. The smallest absolute Gasteiger partial charge is 0.119 e. The molecule has 2 aromatic carbocycles. The van der Waals surface area contributed by atoms with Gasteiger partial charge in [-0.2, -0.15) is 0 Å². The molecule has 1 N–H and O–H groups in total. The molecule has 3 rings (SSSR count). The van der Waals surface area contributed by atoms with Crippen LogP contribution in [0.5, 0.6) is 5.75 Å². The fourth-order valence-electron chi connectivity index (χ4n) is 3.48. The van der Waals surface area contributed by atoms with E-state index in [1.54, 1.807) is 7.11 Å². The van der Waals surface area contributed by atoms with E-state index in [4.69, 9.17) is 4.74 Å². The van der Waals surface area contributed by atoms with Crippen molar-refractivity contribution in [2.24, 2.45) is 0 Å². The van der Waals surface area contributed by atoms with Crippen molar-refractivity contribution in [1.29, 1.82) is 0 Å². The van der Waals surface area contributed by atoms with Crippen LogP contribution in [-0.2, 0) is 6.42 Å². The largest absolute Gasteiger partial charge is 0.497 e. The van der Waals surface area contributed by atoms with Crippen LogP contribution in [0.2, 0.25) is 0 Å². The van der Waals surface area contributed by atoms with Gasteiger partial charge in [0, 0.05) is 12.0 Å². The van der Waals surface area contributed by atoms with Gasteiger partial charge in [-0.05, 0) is 48.2 Å². The molecular formula is C19H23NO. The highest BCUT2D eigenvalue weighted by Crippen LogP contribution is 2.42. The second kappa shape index (κ2) is 6.31. The van der Waals surface area contributed by atoms with Gasteiger partial charge in [0.15, 0.2) is 0 Å². The predicted molar refractivity (Wildman–Crippen MR) is 86.9 cm³/mol. The Bertz CT molecular complexity index is 608. The Labute approximate surface area is 127 Å². The third-order valence-electron chi connectivity index (χ3n) is 4.46. The number of hydrogen-bond donors (Lipinski definition) is 1. The molecule has 1 aliphatic rings. The average molecular weight is 281 g/mol. The fourth-order valence-corrected chi connectivity index (χ4v) is 3.48. The molecule has 0 aliphatic heterocycles. The first-order valence-electron chi connectivity index (χ1n) is 7.78. The highest BCUT2D eigenvalue weighted by atomic mass is 16.5. The lowest BCUT2D eigenvalue weighted by Crippen LogP contribution is -2.26. The third kappa shape index (κ3) is 2.81. The van der Waals surface area contributed by atoms with Crippen molar-refractivity contribution in [2.75, 3.05) is 13.7 Å². The molecule has 2 heteroatoms. The number of likely N-dealkylation sites (N-methyl/N-ethyl adjacent to an activating group) is 1. The Kier molecular flexibility index (Phi) is 4.26. The van der Waals surface area contributed by atoms with Crippen molar-refractivity contribution in [1.82, 2.24) is 5.32 Å². The van der Waals surface area contributed by atoms with Crippen LogP contribution in [0.25, 0.3) is 0 Å². The zero-order valence-corrected chi connectivity index (χ0v) is 12.8. The first-order chi connectivity index (χ1) is 10.3. The molecule has 21 heavy (non-hydrogen) atoms. The molecule has 2 atom stereocenters. The zero-order chi connectivity index (χ0) is 14.7. The minimum absolute atomic E-state index is 0.355. The maximum Gasteiger partial charge on any atom is 0.119 e. The molecule has 0 saturated carbocycles. The van der Waals surface area contributed by atoms with Gasteiger partial charge in [-0.3, -0.25) is 0 Å². The molecule has 0 saturated heterocycles. The van der Waals surface area contributed by atoms with Crippen molar-refractivity contribution in [3.8, 4) is 5.75 Å². The summed E-state index contributed by atoms with van der Waals surface area (Å²) in [6, 6.07) is 17.7. The monoisotopic (exact) mass is 281 g/mol. The lowest BCUT2D eigenvalue weighted by Gasteiger charge is -2.26. The summed E-state index contributed by atoms with van der Waals surface area (Å²) in [5.41, 5.74) is 4.33. The van der Waals surface area contributed by atoms with Crippen molar-refractivity contribution < 1.29 is 4.74 Å². The first kappa shape index (κ1) is 14.2. The van der Waals surface area contributed by atoms with E-state index < -0.39 is 0 Å². The summed E-state index contributed by atoms with van der Waals surface area (Å²) in [4.78, 5) is 0. The van der Waals surface area contributed by atoms with E-state index in [2.05, 4.69) is 54.7 Å². The van der Waals surface area contributed by atoms with Crippen molar-refractivity contribution in [3.05, 3.63) is 65.2 Å². The maximum absolute atomic E-state index is 5.39. The van der Waals surface area contributed by atoms with Crippen molar-refractivity contribution >= 4 is 0 Å². The minimum atomic E-state index is 0.355. The highest BCUT2D eigenvalue weighted by molar-refractivity contribution is 5.39. The summed E-state index contributed by atoms with van der Waals surface area (Å²) in [5.74, 6) is 1.48. The van der Waals surface area contributed by atoms with Crippen LogP contribution in [0.15, 0.2) is 48.5 Å². The van der Waals surface area contributed by atoms with E-state index in [0.29, 0.717) is 12.0 Å². The molecule has 110 valence electrons. The van der Waals surface area contributed by atoms with Gasteiger partial charge in [0.1, 0.15) is 5.75 Å². The molecule has 2 nitrogen and oxygen atoms in total. The summed E-state index contributed by atoms with van der Waals surface area (Å²) >= 11 is 0. The topological polar surface area (TPSA) is 21.3 Å². The summed E-state index contributed by atoms with van der Waals surface area (Å²) < 4.78 is 5.39. The second-order valence-corrected chi connectivity index (χ2v) is 5.66. The molecule has 1 aliphatic carbocycles. The number of ether oxygens (including phenoxy) is 1. The molecule has 0 radical (unpaired) electrons. The third-order valence-corrected chi connectivity index (χ3v) is 4.46. The Morgan fingerprint density at radius 3 is 2.86 bits per heavy atom. The Balaban J connectivity index is 1.95. The first-order valence-corrected chi connectivity index (χ1v) is 7.78. The van der Waals surface area contributed by atoms with Gasteiger partial charge in [-0.1, -0.05) is 43.3 Å². The number of fused-ring (bicyclic) bond motifs is 1. The minimum Gasteiger partial charge on any atom is -0.497 e. The van der Waals surface area contributed by atoms with Crippen LogP contribution in [0.1, 0.15) is 42.0 Å². The maximum atomic E-state index is 5.39. The van der Waals surface area contributed by atoms with E-state index in [9.17, 15) is 0 Å². The van der Waals surface area contributed by atoms with Crippen LogP contribution in [0.4, 0.5) is 0 Å². The molecule has 0 spiro atoms. The van der Waals surface area contributed by atoms with Crippen LogP contribution in [0.3, 0.4) is 0 Å². The molecule has 2 unspecified atom stereocenters. The second-order valence-electron chi connectivity index (χ2n) is 5.66. The number of methoxy groups -OCH3 is 1. The molecule has 0 aromatic heterocycles. The fraction of sp³-hybridized carbons (Fsp3) is 0.368. The summed E-state index contributed by atoms with van der Waals surface area (Å²) in [7, 11) is 1.73. The number of benzene rings is 2. The number of hydrogen-bond acceptors (Lipinski definition) is 2. The number of aryl methyl sites for hydroxylation is 1. The molecular weight excluding hydrogens is 258 g/mol. The van der Waals surface area contributed by atoms with E-state index in [1.165, 1.54) is 29.5 Å². The number of nitrogens with one attached hydrogen (secondary N) is 1. The Morgan fingerprint density at radius 2 is 2.05 bits per heavy atom. The lowest BCUT2D eigenvalue weighted by atomic mass is 9.88. The number of rotatable bonds is 5. The molecule has 0 amide bonds. The molecule has 0 bridgehead atoms. The van der Waals surface area contributed by atoms with Crippen LogP contribution in [-0.4, -0.2) is 13.7 Å². The van der Waals surface area contributed by atoms with Gasteiger partial charge < -0.3 is 10.1 Å². The van der Waals surface area contributed by atoms with Crippen molar-refractivity contribution in [3.63, 3.8) is 0 Å². The van der Waals surface area contributed by atoms with Crippen LogP contribution in [0, 0.1) is 0 Å². The van der Waals surface area contributed by atoms with Gasteiger partial charge in [-0.25, -0.2) is 0 Å². The van der Waals surface area contributed by atoms with Gasteiger partial charge in [0.25, 0.3) is 0 Å².